The number of para-hydroxylation sites is 2. The van der Waals surface area contributed by atoms with E-state index in [0.717, 1.165) is 0 Å². The molecule has 0 aliphatic rings. The number of fused-ring (bicyclic) bond motifs is 1. The van der Waals surface area contributed by atoms with E-state index in [9.17, 15) is 14.4 Å². The van der Waals surface area contributed by atoms with Crippen LogP contribution in [-0.4, -0.2) is 46.4 Å². The summed E-state index contributed by atoms with van der Waals surface area (Å²) in [5, 5.41) is 3.13. The minimum atomic E-state index is -0.388. The second-order valence-electron chi connectivity index (χ2n) is 6.55. The standard InChI is InChI=1S/C22H24N4O4/c1-3-26(14-19-24-17-11-7-5-9-15(17)22(29)25-19)20(27)13-23-21(28)16-10-6-8-12-18(16)30-4-2/h5-12H,3-4,13-14H2,1-2H3,(H,23,28)(H,24,25,29). The third-order valence-electron chi connectivity index (χ3n) is 4.57. The highest BCUT2D eigenvalue weighted by Gasteiger charge is 2.17. The smallest absolute Gasteiger partial charge is 0.258 e. The molecule has 30 heavy (non-hydrogen) atoms. The van der Waals surface area contributed by atoms with Gasteiger partial charge >= 0.3 is 0 Å². The number of nitrogens with zero attached hydrogens (tertiary/aromatic N) is 2. The van der Waals surface area contributed by atoms with Gasteiger partial charge in [-0.15, -0.1) is 0 Å². The molecule has 2 N–H and O–H groups in total. The summed E-state index contributed by atoms with van der Waals surface area (Å²) in [4.78, 5) is 46.0. The molecule has 0 bridgehead atoms. The SMILES string of the molecule is CCOc1ccccc1C(=O)NCC(=O)N(CC)Cc1nc2ccccc2c(=O)[nH]1. The van der Waals surface area contributed by atoms with Crippen LogP contribution < -0.4 is 15.6 Å². The zero-order valence-corrected chi connectivity index (χ0v) is 17.0. The lowest BCUT2D eigenvalue weighted by Crippen LogP contribution is -2.40. The van der Waals surface area contributed by atoms with Crippen molar-refractivity contribution >= 4 is 22.7 Å². The molecule has 2 amide bonds. The number of carbonyl (C=O) groups excluding carboxylic acids is 2. The number of rotatable bonds is 8. The Bertz CT molecular complexity index is 1110. The lowest BCUT2D eigenvalue weighted by atomic mass is 10.2. The van der Waals surface area contributed by atoms with Gasteiger partial charge in [0.15, 0.2) is 0 Å². The molecule has 0 radical (unpaired) electrons. The van der Waals surface area contributed by atoms with E-state index >= 15 is 0 Å². The van der Waals surface area contributed by atoms with Crippen molar-refractivity contribution in [3.8, 4) is 5.75 Å². The monoisotopic (exact) mass is 408 g/mol. The number of likely N-dealkylation sites (N-methyl/N-ethyl adjacent to an activating group) is 1. The summed E-state index contributed by atoms with van der Waals surface area (Å²) in [7, 11) is 0. The van der Waals surface area contributed by atoms with Crippen LogP contribution in [0.3, 0.4) is 0 Å². The van der Waals surface area contributed by atoms with Crippen LogP contribution in [-0.2, 0) is 11.3 Å². The van der Waals surface area contributed by atoms with Crippen LogP contribution in [0.5, 0.6) is 5.75 Å². The maximum absolute atomic E-state index is 12.6. The largest absolute Gasteiger partial charge is 0.493 e. The average molecular weight is 408 g/mol. The number of ether oxygens (including phenoxy) is 1. The topological polar surface area (TPSA) is 104 Å². The summed E-state index contributed by atoms with van der Waals surface area (Å²) < 4.78 is 5.46. The fraction of sp³-hybridized carbons (Fsp3) is 0.273. The molecular weight excluding hydrogens is 384 g/mol. The third kappa shape index (κ3) is 4.83. The molecule has 156 valence electrons. The van der Waals surface area contributed by atoms with E-state index in [1.807, 2.05) is 13.8 Å². The van der Waals surface area contributed by atoms with Gasteiger partial charge in [-0.25, -0.2) is 4.98 Å². The molecule has 0 saturated carbocycles. The van der Waals surface area contributed by atoms with Crippen molar-refractivity contribution < 1.29 is 14.3 Å². The molecule has 1 aromatic heterocycles. The van der Waals surface area contributed by atoms with Crippen molar-refractivity contribution in [3.05, 3.63) is 70.3 Å². The van der Waals surface area contributed by atoms with Crippen molar-refractivity contribution in [2.24, 2.45) is 0 Å². The van der Waals surface area contributed by atoms with Gasteiger partial charge in [0.2, 0.25) is 5.91 Å². The van der Waals surface area contributed by atoms with E-state index in [2.05, 4.69) is 15.3 Å². The lowest BCUT2D eigenvalue weighted by Gasteiger charge is -2.21. The second kappa shape index (κ2) is 9.69. The summed E-state index contributed by atoms with van der Waals surface area (Å²) in [6, 6.07) is 13.9. The number of H-pyrrole nitrogens is 1. The summed E-state index contributed by atoms with van der Waals surface area (Å²) in [5.74, 6) is 0.188. The van der Waals surface area contributed by atoms with Gasteiger partial charge in [0, 0.05) is 6.54 Å². The highest BCUT2D eigenvalue weighted by atomic mass is 16.5. The number of hydrogen-bond donors (Lipinski definition) is 2. The van der Waals surface area contributed by atoms with E-state index in [1.54, 1.807) is 48.5 Å². The number of aromatic nitrogens is 2. The van der Waals surface area contributed by atoms with Gasteiger partial charge in [-0.3, -0.25) is 14.4 Å². The number of carbonyl (C=O) groups is 2. The summed E-state index contributed by atoms with van der Waals surface area (Å²) >= 11 is 0. The fourth-order valence-electron chi connectivity index (χ4n) is 3.07. The molecule has 0 fully saturated rings. The molecule has 0 aliphatic heterocycles. The minimum Gasteiger partial charge on any atom is -0.493 e. The van der Waals surface area contributed by atoms with Gasteiger partial charge in [-0.1, -0.05) is 24.3 Å². The van der Waals surface area contributed by atoms with Crippen LogP contribution >= 0.6 is 0 Å². The molecule has 0 unspecified atom stereocenters. The first-order valence-electron chi connectivity index (χ1n) is 9.79. The van der Waals surface area contributed by atoms with Crippen LogP contribution in [0.15, 0.2) is 53.3 Å². The van der Waals surface area contributed by atoms with E-state index in [4.69, 9.17) is 4.74 Å². The fourth-order valence-corrected chi connectivity index (χ4v) is 3.07. The number of aromatic amines is 1. The Morgan fingerprint density at radius 2 is 1.83 bits per heavy atom. The zero-order valence-electron chi connectivity index (χ0n) is 17.0. The number of amides is 2. The summed E-state index contributed by atoms with van der Waals surface area (Å²) in [6.07, 6.45) is 0. The van der Waals surface area contributed by atoms with Gasteiger partial charge < -0.3 is 19.9 Å². The Hall–Kier alpha value is -3.68. The average Bonchev–Trinajstić information content (AvgIpc) is 2.76. The van der Waals surface area contributed by atoms with Gasteiger partial charge in [0.25, 0.3) is 11.5 Å². The first-order chi connectivity index (χ1) is 14.5. The first kappa shape index (κ1) is 21.0. The maximum Gasteiger partial charge on any atom is 0.258 e. The first-order valence-corrected chi connectivity index (χ1v) is 9.79. The zero-order chi connectivity index (χ0) is 21.5. The molecule has 2 aromatic carbocycles. The van der Waals surface area contributed by atoms with Crippen molar-refractivity contribution in [1.82, 2.24) is 20.2 Å². The van der Waals surface area contributed by atoms with Crippen molar-refractivity contribution in [1.29, 1.82) is 0 Å². The van der Waals surface area contributed by atoms with Crippen LogP contribution in [0.1, 0.15) is 30.0 Å². The second-order valence-corrected chi connectivity index (χ2v) is 6.55. The number of hydrogen-bond acceptors (Lipinski definition) is 5. The van der Waals surface area contributed by atoms with Crippen LogP contribution in [0.25, 0.3) is 10.9 Å². The Kier molecular flexibility index (Phi) is 6.79. The molecule has 0 aliphatic carbocycles. The van der Waals surface area contributed by atoms with E-state index in [0.29, 0.717) is 41.2 Å². The molecule has 0 spiro atoms. The molecule has 3 aromatic rings. The maximum atomic E-state index is 12.6. The Morgan fingerprint density at radius 3 is 2.60 bits per heavy atom. The van der Waals surface area contributed by atoms with Crippen LogP contribution in [0.4, 0.5) is 0 Å². The molecule has 1 heterocycles. The lowest BCUT2D eigenvalue weighted by molar-refractivity contribution is -0.130. The Balaban J connectivity index is 1.67. The van der Waals surface area contributed by atoms with Crippen LogP contribution in [0.2, 0.25) is 0 Å². The summed E-state index contributed by atoms with van der Waals surface area (Å²) in [5.41, 5.74) is 0.691. The minimum absolute atomic E-state index is 0.140. The predicted octanol–water partition coefficient (Wildman–Crippen LogP) is 2.10. The van der Waals surface area contributed by atoms with Gasteiger partial charge in [-0.2, -0.15) is 0 Å². The summed E-state index contributed by atoms with van der Waals surface area (Å²) in [6.45, 7) is 4.46. The highest BCUT2D eigenvalue weighted by molar-refractivity contribution is 5.98. The predicted molar refractivity (Wildman–Crippen MR) is 113 cm³/mol. The molecular formula is C22H24N4O4. The van der Waals surface area contributed by atoms with Gasteiger partial charge in [0.05, 0.1) is 36.2 Å². The normalized spacial score (nSPS) is 10.6. The quantitative estimate of drug-likeness (QED) is 0.594. The molecule has 3 rings (SSSR count). The van der Waals surface area contributed by atoms with Crippen molar-refractivity contribution in [3.63, 3.8) is 0 Å². The molecule has 8 nitrogen and oxygen atoms in total. The number of benzene rings is 2. The van der Waals surface area contributed by atoms with E-state index in [-0.39, 0.29) is 30.5 Å². The number of nitrogens with one attached hydrogen (secondary N) is 2. The van der Waals surface area contributed by atoms with Crippen LogP contribution in [0, 0.1) is 0 Å². The molecule has 0 atom stereocenters. The molecule has 0 saturated heterocycles. The Morgan fingerprint density at radius 1 is 1.10 bits per heavy atom. The van der Waals surface area contributed by atoms with Gasteiger partial charge in [0.1, 0.15) is 11.6 Å². The van der Waals surface area contributed by atoms with Gasteiger partial charge in [-0.05, 0) is 38.1 Å². The molecule has 8 heteroatoms. The van der Waals surface area contributed by atoms with E-state index in [1.165, 1.54) is 4.90 Å². The van der Waals surface area contributed by atoms with Crippen molar-refractivity contribution in [2.45, 2.75) is 20.4 Å². The highest BCUT2D eigenvalue weighted by Crippen LogP contribution is 2.17. The van der Waals surface area contributed by atoms with Crippen molar-refractivity contribution in [2.75, 3.05) is 19.7 Å². The van der Waals surface area contributed by atoms with E-state index < -0.39 is 0 Å². The third-order valence-corrected chi connectivity index (χ3v) is 4.57. The Labute approximate surface area is 173 Å².